The minimum absolute atomic E-state index is 0.0925. The SMILES string of the molecule is CCCNc1cccc2c1C(=O)c1cccc(NCCN(C)C)c1C2=O. The van der Waals surface area contributed by atoms with E-state index in [1.54, 1.807) is 12.1 Å². The molecule has 5 nitrogen and oxygen atoms in total. The van der Waals surface area contributed by atoms with Crippen molar-refractivity contribution in [1.29, 1.82) is 0 Å². The third kappa shape index (κ3) is 3.35. The molecule has 0 atom stereocenters. The van der Waals surface area contributed by atoms with Gasteiger partial charge in [0.25, 0.3) is 0 Å². The van der Waals surface area contributed by atoms with Gasteiger partial charge in [-0.15, -0.1) is 0 Å². The van der Waals surface area contributed by atoms with Crippen LogP contribution in [0.1, 0.15) is 45.2 Å². The summed E-state index contributed by atoms with van der Waals surface area (Å²) >= 11 is 0. The summed E-state index contributed by atoms with van der Waals surface area (Å²) in [5.41, 5.74) is 3.38. The highest BCUT2D eigenvalue weighted by Crippen LogP contribution is 2.35. The molecule has 0 radical (unpaired) electrons. The average Bonchev–Trinajstić information content (AvgIpc) is 2.63. The van der Waals surface area contributed by atoms with Crippen LogP contribution in [0.2, 0.25) is 0 Å². The first-order valence-electron chi connectivity index (χ1n) is 9.02. The molecule has 0 spiro atoms. The quantitative estimate of drug-likeness (QED) is 0.684. The Balaban J connectivity index is 2.01. The maximum Gasteiger partial charge on any atom is 0.196 e. The summed E-state index contributed by atoms with van der Waals surface area (Å²) in [4.78, 5) is 28.4. The van der Waals surface area contributed by atoms with E-state index in [4.69, 9.17) is 0 Å². The van der Waals surface area contributed by atoms with E-state index < -0.39 is 0 Å². The zero-order valence-electron chi connectivity index (χ0n) is 15.6. The molecule has 2 N–H and O–H groups in total. The van der Waals surface area contributed by atoms with Gasteiger partial charge in [-0.2, -0.15) is 0 Å². The third-order valence-electron chi connectivity index (χ3n) is 4.51. The molecule has 0 saturated carbocycles. The van der Waals surface area contributed by atoms with Gasteiger partial charge >= 0.3 is 0 Å². The summed E-state index contributed by atoms with van der Waals surface area (Å²) in [6, 6.07) is 10.9. The van der Waals surface area contributed by atoms with E-state index >= 15 is 0 Å². The second-order valence-electron chi connectivity index (χ2n) is 6.77. The number of fused-ring (bicyclic) bond motifs is 2. The van der Waals surface area contributed by atoms with Gasteiger partial charge in [0.15, 0.2) is 11.6 Å². The standard InChI is InChI=1S/C21H25N3O2/c1-4-11-22-16-9-5-7-14-18(16)20(25)15-8-6-10-17(19(15)21(14)26)23-12-13-24(2)3/h5-10,22-23H,4,11-13H2,1-3H3. The van der Waals surface area contributed by atoms with Crippen LogP contribution >= 0.6 is 0 Å². The molecule has 5 heteroatoms. The van der Waals surface area contributed by atoms with E-state index in [9.17, 15) is 9.59 Å². The number of nitrogens with one attached hydrogen (secondary N) is 2. The van der Waals surface area contributed by atoms with Crippen molar-refractivity contribution in [2.45, 2.75) is 13.3 Å². The van der Waals surface area contributed by atoms with Crippen LogP contribution in [0, 0.1) is 0 Å². The number of hydrogen-bond donors (Lipinski definition) is 2. The molecule has 3 rings (SSSR count). The minimum atomic E-state index is -0.0947. The molecular weight excluding hydrogens is 326 g/mol. The Bertz CT molecular complexity index is 843. The van der Waals surface area contributed by atoms with Gasteiger partial charge in [-0.25, -0.2) is 0 Å². The van der Waals surface area contributed by atoms with Gasteiger partial charge in [-0.05, 0) is 32.6 Å². The number of carbonyl (C=O) groups excluding carboxylic acids is 2. The van der Waals surface area contributed by atoms with Crippen molar-refractivity contribution in [3.63, 3.8) is 0 Å². The van der Waals surface area contributed by atoms with Gasteiger partial charge in [0.2, 0.25) is 0 Å². The van der Waals surface area contributed by atoms with E-state index in [0.717, 1.165) is 30.9 Å². The predicted molar refractivity (Wildman–Crippen MR) is 106 cm³/mol. The Kier molecular flexibility index (Phi) is 5.38. The van der Waals surface area contributed by atoms with Gasteiger partial charge in [0, 0.05) is 42.1 Å². The molecule has 2 aromatic rings. The first-order chi connectivity index (χ1) is 12.5. The Morgan fingerprint density at radius 3 is 1.77 bits per heavy atom. The van der Waals surface area contributed by atoms with Crippen molar-refractivity contribution in [2.24, 2.45) is 0 Å². The molecule has 0 aromatic heterocycles. The van der Waals surface area contributed by atoms with Crippen molar-refractivity contribution in [3.05, 3.63) is 58.7 Å². The number of likely N-dealkylation sites (N-methyl/N-ethyl adjacent to an activating group) is 1. The molecule has 0 aliphatic heterocycles. The van der Waals surface area contributed by atoms with Crippen LogP contribution in [0.15, 0.2) is 36.4 Å². The molecule has 0 unspecified atom stereocenters. The van der Waals surface area contributed by atoms with Crippen molar-refractivity contribution < 1.29 is 9.59 Å². The van der Waals surface area contributed by atoms with Crippen LogP contribution in [0.4, 0.5) is 11.4 Å². The average molecular weight is 351 g/mol. The lowest BCUT2D eigenvalue weighted by atomic mass is 9.82. The number of carbonyl (C=O) groups is 2. The number of ketones is 2. The fraction of sp³-hybridized carbons (Fsp3) is 0.333. The fourth-order valence-electron chi connectivity index (χ4n) is 3.21. The number of anilines is 2. The Hall–Kier alpha value is -2.66. The number of nitrogens with zero attached hydrogens (tertiary/aromatic N) is 1. The Labute approximate surface area is 154 Å². The van der Waals surface area contributed by atoms with Gasteiger partial charge < -0.3 is 15.5 Å². The molecule has 26 heavy (non-hydrogen) atoms. The fourth-order valence-corrected chi connectivity index (χ4v) is 3.21. The van der Waals surface area contributed by atoms with E-state index in [0.29, 0.717) is 28.8 Å². The summed E-state index contributed by atoms with van der Waals surface area (Å²) < 4.78 is 0. The summed E-state index contributed by atoms with van der Waals surface area (Å²) in [5.74, 6) is -0.187. The third-order valence-corrected chi connectivity index (χ3v) is 4.51. The van der Waals surface area contributed by atoms with E-state index in [2.05, 4.69) is 22.5 Å². The second-order valence-corrected chi connectivity index (χ2v) is 6.77. The van der Waals surface area contributed by atoms with Crippen molar-refractivity contribution in [3.8, 4) is 0 Å². The van der Waals surface area contributed by atoms with Crippen molar-refractivity contribution >= 4 is 22.9 Å². The molecule has 1 aliphatic carbocycles. The van der Waals surface area contributed by atoms with Gasteiger partial charge in [-0.3, -0.25) is 9.59 Å². The first kappa shape index (κ1) is 18.1. The largest absolute Gasteiger partial charge is 0.384 e. The van der Waals surface area contributed by atoms with Gasteiger partial charge in [0.1, 0.15) is 0 Å². The van der Waals surface area contributed by atoms with Gasteiger partial charge in [-0.1, -0.05) is 31.2 Å². The lowest BCUT2D eigenvalue weighted by Gasteiger charge is -2.23. The molecular formula is C21H25N3O2. The maximum atomic E-state index is 13.2. The lowest BCUT2D eigenvalue weighted by molar-refractivity contribution is 0.0980. The highest BCUT2D eigenvalue weighted by Gasteiger charge is 2.33. The van der Waals surface area contributed by atoms with Crippen LogP contribution in [0.3, 0.4) is 0 Å². The summed E-state index contributed by atoms with van der Waals surface area (Å²) in [6.07, 6.45) is 0.947. The summed E-state index contributed by atoms with van der Waals surface area (Å²) in [5, 5.41) is 6.58. The minimum Gasteiger partial charge on any atom is -0.384 e. The molecule has 2 aromatic carbocycles. The molecule has 0 amide bonds. The lowest BCUT2D eigenvalue weighted by Crippen LogP contribution is -2.26. The highest BCUT2D eigenvalue weighted by molar-refractivity contribution is 6.31. The number of benzene rings is 2. The molecule has 0 heterocycles. The number of hydrogen-bond acceptors (Lipinski definition) is 5. The first-order valence-corrected chi connectivity index (χ1v) is 9.02. The van der Waals surface area contributed by atoms with Crippen molar-refractivity contribution in [2.75, 3.05) is 44.4 Å². The van der Waals surface area contributed by atoms with Crippen LogP contribution < -0.4 is 10.6 Å². The molecule has 1 aliphatic rings. The summed E-state index contributed by atoms with van der Waals surface area (Å²) in [6.45, 7) is 4.37. The number of rotatable bonds is 7. The predicted octanol–water partition coefficient (Wildman–Crippen LogP) is 3.26. The van der Waals surface area contributed by atoms with E-state index in [1.165, 1.54) is 0 Å². The maximum absolute atomic E-state index is 13.2. The van der Waals surface area contributed by atoms with Crippen LogP contribution in [-0.4, -0.2) is 50.2 Å². The highest BCUT2D eigenvalue weighted by atomic mass is 16.1. The van der Waals surface area contributed by atoms with Gasteiger partial charge in [0.05, 0.1) is 11.1 Å². The summed E-state index contributed by atoms with van der Waals surface area (Å²) in [7, 11) is 4.00. The van der Waals surface area contributed by atoms with Crippen LogP contribution in [0.5, 0.6) is 0 Å². The zero-order chi connectivity index (χ0) is 18.7. The zero-order valence-corrected chi connectivity index (χ0v) is 15.6. The second kappa shape index (κ2) is 7.70. The van der Waals surface area contributed by atoms with Crippen LogP contribution in [0.25, 0.3) is 0 Å². The van der Waals surface area contributed by atoms with Crippen molar-refractivity contribution in [1.82, 2.24) is 4.90 Å². The molecule has 136 valence electrons. The molecule has 0 fully saturated rings. The Morgan fingerprint density at radius 1 is 0.808 bits per heavy atom. The normalized spacial score (nSPS) is 12.8. The monoisotopic (exact) mass is 351 g/mol. The van der Waals surface area contributed by atoms with E-state index in [-0.39, 0.29) is 11.6 Å². The Morgan fingerprint density at radius 2 is 1.31 bits per heavy atom. The smallest absolute Gasteiger partial charge is 0.196 e. The molecule has 0 saturated heterocycles. The van der Waals surface area contributed by atoms with Crippen LogP contribution in [-0.2, 0) is 0 Å². The topological polar surface area (TPSA) is 61.4 Å². The molecule has 0 bridgehead atoms. The van der Waals surface area contributed by atoms with E-state index in [1.807, 2.05) is 38.4 Å².